The van der Waals surface area contributed by atoms with E-state index < -0.39 is 36.1 Å². The largest absolute Gasteiger partial charge is 0.417 e. The van der Waals surface area contributed by atoms with E-state index in [0.717, 1.165) is 24.3 Å². The molecule has 172 valence electrons. The summed E-state index contributed by atoms with van der Waals surface area (Å²) < 4.78 is 77.9. The second-order valence-electron chi connectivity index (χ2n) is 6.53. The number of carbonyl (C=O) groups is 1. The Hall–Kier alpha value is -2.72. The van der Waals surface area contributed by atoms with Crippen LogP contribution < -0.4 is 5.32 Å². The van der Waals surface area contributed by atoms with E-state index in [1.807, 2.05) is 0 Å². The molecule has 2 aromatic carbocycles. The second kappa shape index (κ2) is 9.83. The van der Waals surface area contributed by atoms with E-state index in [9.17, 15) is 36.3 Å². The molecule has 0 atom stereocenters. The molecular weight excluding hydrogens is 485 g/mol. The normalized spacial score (nSPS) is 13.3. The van der Waals surface area contributed by atoms with E-state index >= 15 is 0 Å². The highest BCUT2D eigenvalue weighted by atomic mass is 35.5. The van der Waals surface area contributed by atoms with Crippen LogP contribution in [0.4, 0.5) is 26.3 Å². The molecule has 0 saturated heterocycles. The Morgan fingerprint density at radius 1 is 1.03 bits per heavy atom. The van der Waals surface area contributed by atoms with Gasteiger partial charge in [0.1, 0.15) is 12.3 Å². The Morgan fingerprint density at radius 2 is 1.62 bits per heavy atom. The van der Waals surface area contributed by atoms with Gasteiger partial charge < -0.3 is 10.5 Å². The number of amides is 1. The van der Waals surface area contributed by atoms with Gasteiger partial charge in [-0.05, 0) is 54.5 Å². The van der Waals surface area contributed by atoms with Crippen LogP contribution in [0.3, 0.4) is 0 Å². The Labute approximate surface area is 188 Å². The van der Waals surface area contributed by atoms with Gasteiger partial charge in [-0.2, -0.15) is 26.3 Å². The van der Waals surface area contributed by atoms with E-state index in [0.29, 0.717) is 6.08 Å². The predicted molar refractivity (Wildman–Crippen MR) is 108 cm³/mol. The fraction of sp³-hybridized carbons (Fsp3) is 0.200. The van der Waals surface area contributed by atoms with Crippen LogP contribution in [-0.4, -0.2) is 35.7 Å². The summed E-state index contributed by atoms with van der Waals surface area (Å²) in [7, 11) is 0. The number of halogens is 8. The van der Waals surface area contributed by atoms with Crippen molar-refractivity contribution in [2.45, 2.75) is 19.3 Å². The lowest BCUT2D eigenvalue weighted by atomic mass is 9.98. The number of aryl methyl sites for hydroxylation is 1. The van der Waals surface area contributed by atoms with Crippen LogP contribution in [-0.2, 0) is 0 Å². The highest BCUT2D eigenvalue weighted by molar-refractivity contribution is 6.35. The maximum atomic E-state index is 13.7. The lowest BCUT2D eigenvalue weighted by molar-refractivity contribution is -0.123. The van der Waals surface area contributed by atoms with E-state index in [4.69, 9.17) is 23.2 Å². The third-order valence-corrected chi connectivity index (χ3v) is 4.52. The molecule has 32 heavy (non-hydrogen) atoms. The first-order valence-electron chi connectivity index (χ1n) is 8.64. The Morgan fingerprint density at radius 3 is 2.09 bits per heavy atom. The van der Waals surface area contributed by atoms with Crippen molar-refractivity contribution in [3.8, 4) is 0 Å². The maximum Gasteiger partial charge on any atom is 0.417 e. The number of hydrogen-bond acceptors (Lipinski definition) is 3. The zero-order valence-corrected chi connectivity index (χ0v) is 17.6. The van der Waals surface area contributed by atoms with Crippen LogP contribution in [0.1, 0.15) is 27.0 Å². The molecule has 0 saturated carbocycles. The first kappa shape index (κ1) is 25.5. The standard InChI is InChI=1S/C20H14Cl2F6N2O2/c1-10-4-11(2-3-15(10)18(31)29-9-19(23,24)25)17(30-32)8-16(20(26,27)28)12-5-13(21)7-14(22)6-12/h2-8,32H,9H2,1H3,(H,29,31)/b16-8-,30-17-. The third kappa shape index (κ3) is 6.89. The van der Waals surface area contributed by atoms with Gasteiger partial charge in [0, 0.05) is 21.2 Å². The number of allylic oxidation sites excluding steroid dienone is 2. The molecule has 0 spiro atoms. The molecule has 0 fully saturated rings. The lowest BCUT2D eigenvalue weighted by Gasteiger charge is -2.14. The van der Waals surface area contributed by atoms with Gasteiger partial charge in [0.25, 0.3) is 5.91 Å². The summed E-state index contributed by atoms with van der Waals surface area (Å²) in [5.74, 6) is -1.02. The van der Waals surface area contributed by atoms with Gasteiger partial charge >= 0.3 is 12.4 Å². The van der Waals surface area contributed by atoms with Crippen LogP contribution in [0.25, 0.3) is 5.57 Å². The number of nitrogens with one attached hydrogen (secondary N) is 1. The van der Waals surface area contributed by atoms with Crippen molar-refractivity contribution < 1.29 is 36.3 Å². The van der Waals surface area contributed by atoms with Gasteiger partial charge in [-0.3, -0.25) is 4.79 Å². The third-order valence-electron chi connectivity index (χ3n) is 4.08. The lowest BCUT2D eigenvalue weighted by Crippen LogP contribution is -2.34. The molecule has 0 heterocycles. The molecule has 0 aliphatic rings. The minimum atomic E-state index is -4.88. The summed E-state index contributed by atoms with van der Waals surface area (Å²) >= 11 is 11.6. The van der Waals surface area contributed by atoms with Gasteiger partial charge in [0.05, 0.1) is 5.57 Å². The number of hydrogen-bond donors (Lipinski definition) is 2. The van der Waals surface area contributed by atoms with Crippen LogP contribution in [0, 0.1) is 6.92 Å². The van der Waals surface area contributed by atoms with Gasteiger partial charge in [-0.1, -0.05) is 34.4 Å². The number of alkyl halides is 6. The van der Waals surface area contributed by atoms with Gasteiger partial charge in [-0.25, -0.2) is 0 Å². The van der Waals surface area contributed by atoms with Crippen molar-refractivity contribution in [3.05, 3.63) is 74.8 Å². The number of rotatable bonds is 5. The summed E-state index contributed by atoms with van der Waals surface area (Å²) in [5, 5.41) is 13.8. The molecule has 0 aromatic heterocycles. The summed E-state index contributed by atoms with van der Waals surface area (Å²) in [6.07, 6.45) is -8.93. The van der Waals surface area contributed by atoms with Crippen molar-refractivity contribution in [1.29, 1.82) is 0 Å². The SMILES string of the molecule is Cc1cc(C(/C=C(/c2cc(Cl)cc(Cl)c2)C(F)(F)F)=N\O)ccc1C(=O)NCC(F)(F)F. The van der Waals surface area contributed by atoms with Crippen LogP contribution >= 0.6 is 23.2 Å². The van der Waals surface area contributed by atoms with Crippen molar-refractivity contribution in [1.82, 2.24) is 5.32 Å². The van der Waals surface area contributed by atoms with E-state index in [1.54, 1.807) is 5.32 Å². The zero-order chi connectivity index (χ0) is 24.3. The molecule has 0 aliphatic carbocycles. The second-order valence-corrected chi connectivity index (χ2v) is 7.40. The Bertz CT molecular complexity index is 1060. The Balaban J connectivity index is 2.45. The molecule has 0 aliphatic heterocycles. The highest BCUT2D eigenvalue weighted by Crippen LogP contribution is 2.36. The number of carbonyl (C=O) groups excluding carboxylic acids is 1. The van der Waals surface area contributed by atoms with Crippen molar-refractivity contribution in [2.75, 3.05) is 6.54 Å². The van der Waals surface area contributed by atoms with Crippen LogP contribution in [0.15, 0.2) is 47.6 Å². The zero-order valence-electron chi connectivity index (χ0n) is 16.1. The van der Waals surface area contributed by atoms with Gasteiger partial charge in [-0.15, -0.1) is 0 Å². The molecule has 0 radical (unpaired) electrons. The van der Waals surface area contributed by atoms with Gasteiger partial charge in [0.15, 0.2) is 0 Å². The van der Waals surface area contributed by atoms with E-state index in [1.165, 1.54) is 19.1 Å². The monoisotopic (exact) mass is 498 g/mol. The molecule has 12 heteroatoms. The average Bonchev–Trinajstić information content (AvgIpc) is 2.64. The summed E-state index contributed by atoms with van der Waals surface area (Å²) in [6.45, 7) is -0.178. The van der Waals surface area contributed by atoms with Gasteiger partial charge in [0.2, 0.25) is 0 Å². The number of oxime groups is 1. The Kier molecular flexibility index (Phi) is 7.84. The van der Waals surface area contributed by atoms with Crippen LogP contribution in [0.2, 0.25) is 10.0 Å². The highest BCUT2D eigenvalue weighted by Gasteiger charge is 2.35. The quantitative estimate of drug-likeness (QED) is 0.216. The average molecular weight is 499 g/mol. The van der Waals surface area contributed by atoms with E-state index in [2.05, 4.69) is 5.16 Å². The summed E-state index contributed by atoms with van der Waals surface area (Å²) in [4.78, 5) is 11.9. The molecule has 2 N–H and O–H groups in total. The molecule has 0 unspecified atom stereocenters. The number of benzene rings is 2. The summed E-state index contributed by atoms with van der Waals surface area (Å²) in [5.41, 5.74) is -2.10. The topological polar surface area (TPSA) is 61.7 Å². The van der Waals surface area contributed by atoms with Crippen molar-refractivity contribution in [3.63, 3.8) is 0 Å². The first-order chi connectivity index (χ1) is 14.7. The maximum absolute atomic E-state index is 13.7. The predicted octanol–water partition coefficient (Wildman–Crippen LogP) is 6.42. The summed E-state index contributed by atoms with van der Waals surface area (Å²) in [6, 6.07) is 6.75. The fourth-order valence-corrected chi connectivity index (χ4v) is 3.22. The number of nitrogens with zero attached hydrogens (tertiary/aromatic N) is 1. The first-order valence-corrected chi connectivity index (χ1v) is 9.40. The van der Waals surface area contributed by atoms with Crippen LogP contribution in [0.5, 0.6) is 0 Å². The molecular formula is C20H14Cl2F6N2O2. The minimum Gasteiger partial charge on any atom is -0.410 e. The molecule has 1 amide bonds. The fourth-order valence-electron chi connectivity index (χ4n) is 2.70. The molecule has 4 nitrogen and oxygen atoms in total. The van der Waals surface area contributed by atoms with Crippen molar-refractivity contribution in [2.24, 2.45) is 5.16 Å². The molecule has 2 rings (SSSR count). The molecule has 0 bridgehead atoms. The minimum absolute atomic E-state index is 0.0211. The van der Waals surface area contributed by atoms with Crippen molar-refractivity contribution >= 4 is 40.4 Å². The van der Waals surface area contributed by atoms with E-state index in [-0.39, 0.29) is 32.3 Å². The smallest absolute Gasteiger partial charge is 0.410 e. The molecule has 2 aromatic rings.